The van der Waals surface area contributed by atoms with Gasteiger partial charge in [-0.1, -0.05) is 36.4 Å². The highest BCUT2D eigenvalue weighted by Gasteiger charge is 2.33. The van der Waals surface area contributed by atoms with Crippen LogP contribution < -0.4 is 9.64 Å². The van der Waals surface area contributed by atoms with Crippen LogP contribution in [0.3, 0.4) is 0 Å². The van der Waals surface area contributed by atoms with Gasteiger partial charge >= 0.3 is 0 Å². The Morgan fingerprint density at radius 2 is 1.76 bits per heavy atom. The summed E-state index contributed by atoms with van der Waals surface area (Å²) in [5, 5.41) is 0.910. The van der Waals surface area contributed by atoms with Crippen molar-refractivity contribution in [2.24, 2.45) is 0 Å². The molecule has 1 aromatic heterocycles. The van der Waals surface area contributed by atoms with Gasteiger partial charge in [0.15, 0.2) is 9.84 Å². The predicted octanol–water partition coefficient (Wildman–Crippen LogP) is 5.60. The third kappa shape index (κ3) is 5.20. The zero-order chi connectivity index (χ0) is 26.0. The van der Waals surface area contributed by atoms with E-state index in [2.05, 4.69) is 22.0 Å². The molecular formula is C30H32N2O4S. The molecule has 4 aromatic rings. The zero-order valence-corrected chi connectivity index (χ0v) is 22.3. The van der Waals surface area contributed by atoms with Crippen LogP contribution in [0.5, 0.6) is 5.75 Å². The molecule has 192 valence electrons. The van der Waals surface area contributed by atoms with Crippen LogP contribution in [0, 0.1) is 0 Å². The van der Waals surface area contributed by atoms with Crippen LogP contribution in [0.25, 0.3) is 22.0 Å². The van der Waals surface area contributed by atoms with Gasteiger partial charge in [0.2, 0.25) is 0 Å². The van der Waals surface area contributed by atoms with E-state index in [0.717, 1.165) is 57.7 Å². The Morgan fingerprint density at radius 3 is 2.54 bits per heavy atom. The minimum absolute atomic E-state index is 0.412. The summed E-state index contributed by atoms with van der Waals surface area (Å²) in [5.41, 5.74) is 5.55. The number of nitrogens with zero attached hydrogens (tertiary/aromatic N) is 2. The summed E-state index contributed by atoms with van der Waals surface area (Å²) in [6, 6.07) is 24.0. The van der Waals surface area contributed by atoms with Crippen molar-refractivity contribution in [3.05, 3.63) is 90.1 Å². The lowest BCUT2D eigenvalue weighted by Crippen LogP contribution is -2.36. The number of morpholine rings is 1. The quantitative estimate of drug-likeness (QED) is 0.319. The normalized spacial score (nSPS) is 14.6. The van der Waals surface area contributed by atoms with Crippen LogP contribution >= 0.6 is 0 Å². The molecule has 0 bridgehead atoms. The first-order valence-electron chi connectivity index (χ1n) is 12.5. The van der Waals surface area contributed by atoms with Crippen molar-refractivity contribution in [3.63, 3.8) is 0 Å². The van der Waals surface area contributed by atoms with E-state index in [1.54, 1.807) is 20.0 Å². The molecule has 7 heteroatoms. The zero-order valence-electron chi connectivity index (χ0n) is 21.5. The van der Waals surface area contributed by atoms with Crippen molar-refractivity contribution in [2.45, 2.75) is 25.2 Å². The van der Waals surface area contributed by atoms with E-state index in [4.69, 9.17) is 9.47 Å². The van der Waals surface area contributed by atoms with E-state index in [-0.39, 0.29) is 0 Å². The van der Waals surface area contributed by atoms with Gasteiger partial charge in [-0.2, -0.15) is 0 Å². The van der Waals surface area contributed by atoms with E-state index in [1.165, 1.54) is 6.26 Å². The number of hydrogen-bond acceptors (Lipinski definition) is 6. The Bertz CT molecular complexity index is 1530. The summed E-state index contributed by atoms with van der Waals surface area (Å²) in [6.07, 6.45) is 3.05. The van der Waals surface area contributed by atoms with Gasteiger partial charge in [-0.25, -0.2) is 8.42 Å². The topological polar surface area (TPSA) is 68.7 Å². The summed E-state index contributed by atoms with van der Waals surface area (Å²) >= 11 is 0. The highest BCUT2D eigenvalue weighted by molar-refractivity contribution is 7.91. The Balaban J connectivity index is 1.48. The molecule has 0 saturated carbocycles. The Labute approximate surface area is 218 Å². The fraction of sp³-hybridized carbons (Fsp3) is 0.300. The van der Waals surface area contributed by atoms with Gasteiger partial charge in [-0.3, -0.25) is 4.98 Å². The second kappa shape index (κ2) is 10.1. The molecule has 0 amide bonds. The Morgan fingerprint density at radius 1 is 0.973 bits per heavy atom. The first kappa shape index (κ1) is 25.2. The molecular weight excluding hydrogens is 484 g/mol. The number of sulfone groups is 1. The number of fused-ring (bicyclic) bond motifs is 1. The fourth-order valence-electron chi connectivity index (χ4n) is 4.61. The first-order valence-corrected chi connectivity index (χ1v) is 14.4. The Kier molecular flexibility index (Phi) is 6.92. The lowest BCUT2D eigenvalue weighted by Gasteiger charge is -2.30. The van der Waals surface area contributed by atoms with Crippen molar-refractivity contribution >= 4 is 26.4 Å². The monoisotopic (exact) mass is 516 g/mol. The van der Waals surface area contributed by atoms with Crippen molar-refractivity contribution < 1.29 is 17.9 Å². The van der Waals surface area contributed by atoms with Crippen LogP contribution in [0.4, 0.5) is 5.69 Å². The summed E-state index contributed by atoms with van der Waals surface area (Å²) in [6.45, 7) is 7.03. The molecule has 6 nitrogen and oxygen atoms in total. The summed E-state index contributed by atoms with van der Waals surface area (Å²) in [5.74, 6) is 0.846. The van der Waals surface area contributed by atoms with Gasteiger partial charge in [-0.15, -0.1) is 0 Å². The van der Waals surface area contributed by atoms with Crippen molar-refractivity contribution in [3.8, 4) is 16.9 Å². The van der Waals surface area contributed by atoms with Gasteiger partial charge in [0.25, 0.3) is 0 Å². The first-order chi connectivity index (χ1) is 17.7. The van der Waals surface area contributed by atoms with E-state index in [0.29, 0.717) is 19.8 Å². The molecule has 3 aromatic carbocycles. The standard InChI is InChI=1S/C30H32N2O4S/c1-30(2,37(3,33)34)25-19-24-10-7-13-31-29(24)26(20-25)23-9-6-8-22(18-23)21-36-28-12-5-4-11-27(28)32-14-16-35-17-15-32/h4-13,18-20H,14-17,21H2,1-3H3. The fourth-order valence-corrected chi connectivity index (χ4v) is 5.15. The molecule has 5 rings (SSSR count). The van der Waals surface area contributed by atoms with E-state index < -0.39 is 14.6 Å². The second-order valence-corrected chi connectivity index (χ2v) is 12.5. The molecule has 1 aliphatic heterocycles. The maximum Gasteiger partial charge on any atom is 0.156 e. The number of benzene rings is 3. The van der Waals surface area contributed by atoms with Crippen LogP contribution in [-0.2, 0) is 25.9 Å². The summed E-state index contributed by atoms with van der Waals surface area (Å²) in [7, 11) is -3.34. The molecule has 0 N–H and O–H groups in total. The maximum absolute atomic E-state index is 12.6. The molecule has 0 aliphatic carbocycles. The van der Waals surface area contributed by atoms with Crippen molar-refractivity contribution in [1.29, 1.82) is 0 Å². The SMILES string of the molecule is CC(C)(c1cc(-c2cccc(COc3ccccc3N3CCOCC3)c2)c2ncccc2c1)S(C)(=O)=O. The molecule has 1 saturated heterocycles. The number of para-hydroxylation sites is 2. The number of aromatic nitrogens is 1. The van der Waals surface area contributed by atoms with Crippen molar-refractivity contribution in [1.82, 2.24) is 4.98 Å². The third-order valence-corrected chi connectivity index (χ3v) is 9.27. The minimum Gasteiger partial charge on any atom is -0.487 e. The lowest BCUT2D eigenvalue weighted by molar-refractivity contribution is 0.122. The molecule has 0 spiro atoms. The minimum atomic E-state index is -3.34. The molecule has 37 heavy (non-hydrogen) atoms. The number of anilines is 1. The van der Waals surface area contributed by atoms with Crippen LogP contribution in [0.2, 0.25) is 0 Å². The van der Waals surface area contributed by atoms with Crippen LogP contribution in [0.1, 0.15) is 25.0 Å². The second-order valence-electron chi connectivity index (χ2n) is 9.94. The molecule has 1 fully saturated rings. The average Bonchev–Trinajstić information content (AvgIpc) is 2.91. The third-order valence-electron chi connectivity index (χ3n) is 7.18. The van der Waals surface area contributed by atoms with E-state index >= 15 is 0 Å². The number of rotatable bonds is 7. The summed E-state index contributed by atoms with van der Waals surface area (Å²) < 4.78 is 36.0. The molecule has 0 unspecified atom stereocenters. The summed E-state index contributed by atoms with van der Waals surface area (Å²) in [4.78, 5) is 6.93. The smallest absolute Gasteiger partial charge is 0.156 e. The number of ether oxygens (including phenoxy) is 2. The van der Waals surface area contributed by atoms with Crippen LogP contribution in [0.15, 0.2) is 79.0 Å². The van der Waals surface area contributed by atoms with Gasteiger partial charge in [0.05, 0.1) is 29.2 Å². The highest BCUT2D eigenvalue weighted by Crippen LogP contribution is 2.37. The number of pyridine rings is 1. The van der Waals surface area contributed by atoms with Gasteiger partial charge in [0, 0.05) is 36.5 Å². The van der Waals surface area contributed by atoms with Crippen molar-refractivity contribution in [2.75, 3.05) is 37.5 Å². The Hall–Kier alpha value is -3.42. The van der Waals surface area contributed by atoms with Gasteiger partial charge in [-0.05, 0) is 66.9 Å². The molecule has 0 radical (unpaired) electrons. The lowest BCUT2D eigenvalue weighted by atomic mass is 9.93. The molecule has 2 heterocycles. The van der Waals surface area contributed by atoms with Crippen LogP contribution in [-0.4, -0.2) is 46.0 Å². The highest BCUT2D eigenvalue weighted by atomic mass is 32.2. The van der Waals surface area contributed by atoms with E-state index in [1.807, 2.05) is 60.7 Å². The molecule has 0 atom stereocenters. The van der Waals surface area contributed by atoms with Gasteiger partial charge in [0.1, 0.15) is 12.4 Å². The van der Waals surface area contributed by atoms with E-state index in [9.17, 15) is 8.42 Å². The maximum atomic E-state index is 12.6. The average molecular weight is 517 g/mol. The van der Waals surface area contributed by atoms with Gasteiger partial charge < -0.3 is 14.4 Å². The molecule has 1 aliphatic rings. The largest absolute Gasteiger partial charge is 0.487 e. The number of hydrogen-bond donors (Lipinski definition) is 0. The predicted molar refractivity (Wildman–Crippen MR) is 149 cm³/mol.